The van der Waals surface area contributed by atoms with Crippen LogP contribution in [0.15, 0.2) is 24.3 Å². The molecule has 0 heterocycles. The van der Waals surface area contributed by atoms with Gasteiger partial charge in [-0.15, -0.1) is 0 Å². The number of benzene rings is 1. The molecule has 72 valence electrons. The first-order valence-electron chi connectivity index (χ1n) is 3.40. The first-order chi connectivity index (χ1) is 5.94. The zero-order chi connectivity index (χ0) is 10.1. The molecule has 1 nitrogen and oxygen atoms in total. The second-order valence-electron chi connectivity index (χ2n) is 2.47. The highest BCUT2D eigenvalue weighted by molar-refractivity contribution is 6.30. The number of halogens is 4. The van der Waals surface area contributed by atoms with Crippen molar-refractivity contribution in [2.24, 2.45) is 0 Å². The van der Waals surface area contributed by atoms with Crippen LogP contribution in [0.3, 0.4) is 0 Å². The van der Waals surface area contributed by atoms with Crippen LogP contribution < -0.4 is 0 Å². The highest BCUT2D eigenvalue weighted by Gasteiger charge is 2.40. The van der Waals surface area contributed by atoms with Gasteiger partial charge in [-0.1, -0.05) is 23.7 Å². The lowest BCUT2D eigenvalue weighted by Gasteiger charge is -2.16. The molecule has 1 atom stereocenters. The van der Waals surface area contributed by atoms with Crippen molar-refractivity contribution in [3.05, 3.63) is 34.9 Å². The van der Waals surface area contributed by atoms with E-state index in [-0.39, 0.29) is 5.02 Å². The van der Waals surface area contributed by atoms with E-state index in [1.807, 2.05) is 0 Å². The molecule has 1 aromatic rings. The maximum Gasteiger partial charge on any atom is 0.327 e. The van der Waals surface area contributed by atoms with Crippen LogP contribution in [0.2, 0.25) is 5.02 Å². The normalized spacial score (nSPS) is 14.2. The topological polar surface area (TPSA) is 20.2 Å². The summed E-state index contributed by atoms with van der Waals surface area (Å²) in [6, 6.07) is 4.33. The van der Waals surface area contributed by atoms with E-state index in [9.17, 15) is 13.2 Å². The van der Waals surface area contributed by atoms with E-state index < -0.39 is 17.8 Å². The number of hydrogen-bond acceptors (Lipinski definition) is 1. The summed E-state index contributed by atoms with van der Waals surface area (Å²) in [5.74, 6) is -3.88. The second-order valence-corrected chi connectivity index (χ2v) is 2.90. The molecule has 0 aromatic heterocycles. The smallest absolute Gasteiger partial charge is 0.327 e. The minimum absolute atomic E-state index is 0.271. The van der Waals surface area contributed by atoms with Crippen molar-refractivity contribution >= 4 is 11.6 Å². The Kier molecular flexibility index (Phi) is 2.83. The van der Waals surface area contributed by atoms with Crippen LogP contribution in [0.4, 0.5) is 13.2 Å². The van der Waals surface area contributed by atoms with Crippen molar-refractivity contribution in [2.75, 3.05) is 0 Å². The minimum atomic E-state index is -3.88. The number of rotatable bonds is 2. The van der Waals surface area contributed by atoms with Crippen molar-refractivity contribution in [2.45, 2.75) is 12.3 Å². The Labute approximate surface area is 77.8 Å². The van der Waals surface area contributed by atoms with E-state index in [4.69, 9.17) is 16.7 Å². The molecule has 0 bridgehead atoms. The summed E-state index contributed by atoms with van der Waals surface area (Å²) in [4.78, 5) is 0. The Morgan fingerprint density at radius 1 is 1.23 bits per heavy atom. The van der Waals surface area contributed by atoms with E-state index >= 15 is 0 Å². The van der Waals surface area contributed by atoms with Crippen LogP contribution in [0.1, 0.15) is 5.56 Å². The van der Waals surface area contributed by atoms with E-state index in [0.29, 0.717) is 0 Å². The molecule has 0 saturated heterocycles. The maximum atomic E-state index is 12.7. The predicted octanol–water partition coefficient (Wildman–Crippen LogP) is 2.72. The molecule has 1 rings (SSSR count). The number of aliphatic hydroxyl groups is 1. The molecule has 1 aromatic carbocycles. The van der Waals surface area contributed by atoms with Crippen molar-refractivity contribution in [3.8, 4) is 0 Å². The van der Waals surface area contributed by atoms with Gasteiger partial charge in [0.2, 0.25) is 0 Å². The fourth-order valence-electron chi connectivity index (χ4n) is 0.810. The quantitative estimate of drug-likeness (QED) is 0.796. The molecule has 0 fully saturated rings. The SMILES string of the molecule is OC(F)C(F)(F)c1ccc(Cl)cc1. The average Bonchev–Trinajstić information content (AvgIpc) is 2.04. The third-order valence-corrected chi connectivity index (χ3v) is 1.78. The Morgan fingerprint density at radius 2 is 1.69 bits per heavy atom. The minimum Gasteiger partial charge on any atom is -0.359 e. The van der Waals surface area contributed by atoms with Crippen LogP contribution in [0.25, 0.3) is 0 Å². The van der Waals surface area contributed by atoms with E-state index in [1.54, 1.807) is 0 Å². The number of hydrogen-bond donors (Lipinski definition) is 1. The van der Waals surface area contributed by atoms with Crippen LogP contribution in [-0.2, 0) is 5.92 Å². The summed E-state index contributed by atoms with van der Waals surface area (Å²) < 4.78 is 37.5. The van der Waals surface area contributed by atoms with Crippen molar-refractivity contribution in [1.29, 1.82) is 0 Å². The highest BCUT2D eigenvalue weighted by atomic mass is 35.5. The van der Waals surface area contributed by atoms with Crippen LogP contribution in [0, 0.1) is 0 Å². The lowest BCUT2D eigenvalue weighted by Crippen LogP contribution is -2.26. The zero-order valence-electron chi connectivity index (χ0n) is 6.35. The summed E-state index contributed by atoms with van der Waals surface area (Å²) in [6.07, 6.45) is -3.20. The second kappa shape index (κ2) is 3.55. The molecule has 1 N–H and O–H groups in total. The maximum absolute atomic E-state index is 12.7. The molecule has 0 aliphatic heterocycles. The van der Waals surface area contributed by atoms with Gasteiger partial charge in [-0.05, 0) is 12.1 Å². The highest BCUT2D eigenvalue weighted by Crippen LogP contribution is 2.32. The fraction of sp³-hybridized carbons (Fsp3) is 0.250. The molecule has 0 aliphatic carbocycles. The lowest BCUT2D eigenvalue weighted by atomic mass is 10.1. The first kappa shape index (κ1) is 10.3. The summed E-state index contributed by atoms with van der Waals surface area (Å²) in [5.41, 5.74) is -0.605. The summed E-state index contributed by atoms with van der Waals surface area (Å²) in [6.45, 7) is 0. The van der Waals surface area contributed by atoms with Gasteiger partial charge < -0.3 is 5.11 Å². The van der Waals surface area contributed by atoms with Gasteiger partial charge in [0.1, 0.15) is 0 Å². The fourth-order valence-corrected chi connectivity index (χ4v) is 0.936. The van der Waals surface area contributed by atoms with Crippen LogP contribution in [-0.4, -0.2) is 11.5 Å². The first-order valence-corrected chi connectivity index (χ1v) is 3.78. The van der Waals surface area contributed by atoms with Gasteiger partial charge in [0.25, 0.3) is 6.36 Å². The number of aliphatic hydroxyl groups excluding tert-OH is 1. The van der Waals surface area contributed by atoms with E-state index in [0.717, 1.165) is 12.1 Å². The molecule has 1 unspecified atom stereocenters. The zero-order valence-corrected chi connectivity index (χ0v) is 7.10. The lowest BCUT2D eigenvalue weighted by molar-refractivity contribution is -0.174. The van der Waals surface area contributed by atoms with Gasteiger partial charge in [0, 0.05) is 10.6 Å². The average molecular weight is 211 g/mol. The molecule has 0 aliphatic rings. The Hall–Kier alpha value is -0.740. The van der Waals surface area contributed by atoms with Gasteiger partial charge in [-0.2, -0.15) is 8.78 Å². The van der Waals surface area contributed by atoms with Crippen molar-refractivity contribution in [1.82, 2.24) is 0 Å². The standard InChI is InChI=1S/C8H6ClF3O/c9-6-3-1-5(2-4-6)8(11,12)7(10)13/h1-4,7,13H. The van der Waals surface area contributed by atoms with Gasteiger partial charge in [0.15, 0.2) is 0 Å². The summed E-state index contributed by atoms with van der Waals surface area (Å²) in [5, 5.41) is 8.42. The van der Waals surface area contributed by atoms with Gasteiger partial charge in [-0.3, -0.25) is 0 Å². The molecule has 13 heavy (non-hydrogen) atoms. The van der Waals surface area contributed by atoms with Crippen molar-refractivity contribution in [3.63, 3.8) is 0 Å². The van der Waals surface area contributed by atoms with Crippen LogP contribution in [0.5, 0.6) is 0 Å². The monoisotopic (exact) mass is 210 g/mol. The Bertz CT molecular complexity index is 284. The third-order valence-electron chi connectivity index (χ3n) is 1.53. The molecule has 5 heteroatoms. The van der Waals surface area contributed by atoms with Gasteiger partial charge in [-0.25, -0.2) is 4.39 Å². The van der Waals surface area contributed by atoms with Gasteiger partial charge >= 0.3 is 5.92 Å². The predicted molar refractivity (Wildman–Crippen MR) is 42.5 cm³/mol. The van der Waals surface area contributed by atoms with Gasteiger partial charge in [0.05, 0.1) is 0 Å². The van der Waals surface area contributed by atoms with E-state index in [2.05, 4.69) is 0 Å². The Morgan fingerprint density at radius 3 is 2.08 bits per heavy atom. The summed E-state index contributed by atoms with van der Waals surface area (Å²) >= 11 is 5.44. The van der Waals surface area contributed by atoms with Crippen molar-refractivity contribution < 1.29 is 18.3 Å². The Balaban J connectivity index is 3.01. The largest absolute Gasteiger partial charge is 0.359 e. The third kappa shape index (κ3) is 2.14. The molecule has 0 saturated carbocycles. The molecule has 0 amide bonds. The number of alkyl halides is 3. The van der Waals surface area contributed by atoms with E-state index in [1.165, 1.54) is 12.1 Å². The van der Waals surface area contributed by atoms with Crippen LogP contribution >= 0.6 is 11.6 Å². The molecule has 0 radical (unpaired) electrons. The summed E-state index contributed by atoms with van der Waals surface area (Å²) in [7, 11) is 0. The molecular formula is C8H6ClF3O. The molecule has 0 spiro atoms. The molecular weight excluding hydrogens is 205 g/mol.